The second kappa shape index (κ2) is 6.90. The Bertz CT molecular complexity index is 384. The van der Waals surface area contributed by atoms with E-state index in [1.165, 1.54) is 5.57 Å². The third-order valence-electron chi connectivity index (χ3n) is 4.63. The molecule has 0 aromatic heterocycles. The fraction of sp³-hybridized carbons (Fsp3) is 0.812. The Morgan fingerprint density at radius 3 is 2.76 bits per heavy atom. The van der Waals surface area contributed by atoms with E-state index < -0.39 is 6.10 Å². The summed E-state index contributed by atoms with van der Waals surface area (Å²) in [6.07, 6.45) is 3.97. The molecule has 1 spiro atoms. The Hall–Kier alpha value is -0.910. The van der Waals surface area contributed by atoms with Crippen molar-refractivity contribution in [2.45, 2.75) is 63.4 Å². The topological polar surface area (TPSA) is 68.3 Å². The number of epoxide rings is 1. The number of ether oxygens (including phenoxy) is 3. The van der Waals surface area contributed by atoms with Crippen LogP contribution in [0.15, 0.2) is 11.6 Å². The number of carbonyl (C=O) groups is 1. The molecule has 1 N–H and O–H groups in total. The molecule has 0 aromatic carbocycles. The lowest BCUT2D eigenvalue weighted by atomic mass is 9.72. The summed E-state index contributed by atoms with van der Waals surface area (Å²) in [4.78, 5) is 10.7. The minimum Gasteiger partial charge on any atom is -0.462 e. The van der Waals surface area contributed by atoms with Crippen LogP contribution in [0, 0.1) is 5.92 Å². The Labute approximate surface area is 126 Å². The zero-order valence-electron chi connectivity index (χ0n) is 13.1. The fourth-order valence-electron chi connectivity index (χ4n) is 3.39. The number of carbonyl (C=O) groups excluding carboxylic acids is 1. The molecule has 5 heteroatoms. The Morgan fingerprint density at radius 1 is 1.52 bits per heavy atom. The summed E-state index contributed by atoms with van der Waals surface area (Å²) in [5.41, 5.74) is 1.01. The van der Waals surface area contributed by atoms with Gasteiger partial charge in [0.05, 0.1) is 24.4 Å². The smallest absolute Gasteiger partial charge is 0.293 e. The molecule has 1 aliphatic heterocycles. The molecular formula is C16H26O5. The van der Waals surface area contributed by atoms with E-state index in [9.17, 15) is 9.90 Å². The van der Waals surface area contributed by atoms with Gasteiger partial charge in [-0.1, -0.05) is 11.6 Å². The van der Waals surface area contributed by atoms with E-state index in [-0.39, 0.29) is 23.7 Å². The van der Waals surface area contributed by atoms with Crippen molar-refractivity contribution in [2.24, 2.45) is 5.92 Å². The first kappa shape index (κ1) is 16.5. The van der Waals surface area contributed by atoms with Crippen molar-refractivity contribution < 1.29 is 24.1 Å². The molecule has 2 aliphatic rings. The van der Waals surface area contributed by atoms with Crippen LogP contribution in [0.1, 0.15) is 39.5 Å². The average Bonchev–Trinajstić information content (AvgIpc) is 3.22. The number of hydrogen-bond acceptors (Lipinski definition) is 5. The van der Waals surface area contributed by atoms with Crippen molar-refractivity contribution in [3.8, 4) is 0 Å². The van der Waals surface area contributed by atoms with Crippen molar-refractivity contribution in [1.29, 1.82) is 0 Å². The normalized spacial score (nSPS) is 36.1. The number of hydrogen-bond donors (Lipinski definition) is 1. The van der Waals surface area contributed by atoms with E-state index in [0.717, 1.165) is 12.8 Å². The molecule has 5 atom stereocenters. The van der Waals surface area contributed by atoms with E-state index in [2.05, 4.69) is 0 Å². The van der Waals surface area contributed by atoms with Crippen LogP contribution in [0.4, 0.5) is 0 Å². The van der Waals surface area contributed by atoms with Gasteiger partial charge in [0.1, 0.15) is 6.10 Å². The fourth-order valence-corrected chi connectivity index (χ4v) is 3.39. The average molecular weight is 298 g/mol. The number of methoxy groups -OCH3 is 1. The maximum atomic E-state index is 10.7. The number of rotatable bonds is 7. The summed E-state index contributed by atoms with van der Waals surface area (Å²) in [5, 5.41) is 10.3. The maximum absolute atomic E-state index is 10.7. The van der Waals surface area contributed by atoms with Gasteiger partial charge in [-0.15, -0.1) is 0 Å². The minimum atomic E-state index is -0.432. The quantitative estimate of drug-likeness (QED) is 0.441. The number of aliphatic hydroxyl groups is 1. The summed E-state index contributed by atoms with van der Waals surface area (Å²) in [6.45, 7) is 5.23. The Kier molecular flexibility index (Phi) is 5.41. The van der Waals surface area contributed by atoms with Gasteiger partial charge < -0.3 is 19.3 Å². The molecule has 2 fully saturated rings. The molecular weight excluding hydrogens is 272 g/mol. The highest BCUT2D eigenvalue weighted by Crippen LogP contribution is 2.49. The molecule has 1 saturated carbocycles. The van der Waals surface area contributed by atoms with Crippen LogP contribution in [-0.2, 0) is 19.0 Å². The summed E-state index contributed by atoms with van der Waals surface area (Å²) in [5.74, 6) is 0.0572. The van der Waals surface area contributed by atoms with Crippen molar-refractivity contribution in [3.05, 3.63) is 11.6 Å². The largest absolute Gasteiger partial charge is 0.462 e. The highest BCUT2D eigenvalue weighted by atomic mass is 16.6. The molecule has 0 radical (unpaired) electrons. The van der Waals surface area contributed by atoms with Crippen LogP contribution in [0.25, 0.3) is 0 Å². The molecule has 0 aromatic rings. The van der Waals surface area contributed by atoms with Gasteiger partial charge in [0.2, 0.25) is 0 Å². The Morgan fingerprint density at radius 2 is 2.24 bits per heavy atom. The summed E-state index contributed by atoms with van der Waals surface area (Å²) in [7, 11) is 1.63. The molecule has 5 nitrogen and oxygen atoms in total. The second-order valence-electron chi connectivity index (χ2n) is 6.38. The molecule has 3 unspecified atom stereocenters. The molecule has 120 valence electrons. The highest BCUT2D eigenvalue weighted by molar-refractivity contribution is 5.37. The van der Waals surface area contributed by atoms with E-state index in [1.54, 1.807) is 7.11 Å². The van der Waals surface area contributed by atoms with E-state index in [0.29, 0.717) is 25.9 Å². The van der Waals surface area contributed by atoms with Crippen molar-refractivity contribution in [2.75, 3.05) is 13.7 Å². The first-order valence-electron chi connectivity index (χ1n) is 7.59. The maximum Gasteiger partial charge on any atom is 0.293 e. The van der Waals surface area contributed by atoms with Gasteiger partial charge in [0, 0.05) is 13.0 Å². The SMILES string of the molecule is COC1C(OC=O)CC[C@]2(CO2)C1C[C@H](O)CC=C(C)C. The van der Waals surface area contributed by atoms with Crippen LogP contribution >= 0.6 is 0 Å². The minimum absolute atomic E-state index is 0.0572. The standard InChI is InChI=1S/C16H26O5/c1-11(2)4-5-12(18)8-13-15(19-3)14(20-10-17)6-7-16(13)9-21-16/h4,10,12-15,18H,5-9H2,1-3H3/t12-,13?,14?,15?,16+/m1/s1. The zero-order chi connectivity index (χ0) is 15.5. The van der Waals surface area contributed by atoms with Gasteiger partial charge in [-0.3, -0.25) is 4.79 Å². The first-order valence-corrected chi connectivity index (χ1v) is 7.59. The summed E-state index contributed by atoms with van der Waals surface area (Å²) >= 11 is 0. The van der Waals surface area contributed by atoms with Gasteiger partial charge in [0.15, 0.2) is 0 Å². The third kappa shape index (κ3) is 3.84. The van der Waals surface area contributed by atoms with E-state index in [1.807, 2.05) is 19.9 Å². The molecule has 0 amide bonds. The third-order valence-corrected chi connectivity index (χ3v) is 4.63. The van der Waals surface area contributed by atoms with Gasteiger partial charge in [-0.2, -0.15) is 0 Å². The van der Waals surface area contributed by atoms with Crippen LogP contribution < -0.4 is 0 Å². The predicted molar refractivity (Wildman–Crippen MR) is 77.8 cm³/mol. The van der Waals surface area contributed by atoms with Gasteiger partial charge in [-0.25, -0.2) is 0 Å². The van der Waals surface area contributed by atoms with Crippen molar-refractivity contribution in [3.63, 3.8) is 0 Å². The van der Waals surface area contributed by atoms with Crippen LogP contribution in [0.5, 0.6) is 0 Å². The predicted octanol–water partition coefficient (Wildman–Crippen LogP) is 1.83. The van der Waals surface area contributed by atoms with E-state index >= 15 is 0 Å². The molecule has 21 heavy (non-hydrogen) atoms. The molecule has 1 saturated heterocycles. The molecule has 0 bridgehead atoms. The monoisotopic (exact) mass is 298 g/mol. The lowest BCUT2D eigenvalue weighted by Gasteiger charge is -2.40. The van der Waals surface area contributed by atoms with E-state index in [4.69, 9.17) is 14.2 Å². The van der Waals surface area contributed by atoms with Crippen LogP contribution in [0.2, 0.25) is 0 Å². The van der Waals surface area contributed by atoms with Crippen molar-refractivity contribution >= 4 is 6.47 Å². The molecule has 1 aliphatic carbocycles. The summed E-state index contributed by atoms with van der Waals surface area (Å²) in [6, 6.07) is 0. The second-order valence-corrected chi connectivity index (χ2v) is 6.38. The van der Waals surface area contributed by atoms with Gasteiger partial charge in [-0.05, 0) is 39.5 Å². The molecule has 2 rings (SSSR count). The molecule has 1 heterocycles. The number of aliphatic hydroxyl groups excluding tert-OH is 1. The van der Waals surface area contributed by atoms with Crippen molar-refractivity contribution in [1.82, 2.24) is 0 Å². The number of allylic oxidation sites excluding steroid dienone is 1. The highest BCUT2D eigenvalue weighted by Gasteiger charge is 2.59. The summed E-state index contributed by atoms with van der Waals surface area (Å²) < 4.78 is 16.4. The van der Waals surface area contributed by atoms with Crippen LogP contribution in [-0.4, -0.2) is 49.2 Å². The zero-order valence-corrected chi connectivity index (χ0v) is 13.1. The van der Waals surface area contributed by atoms with Gasteiger partial charge in [0.25, 0.3) is 6.47 Å². The Balaban J connectivity index is 2.04. The van der Waals surface area contributed by atoms with Crippen LogP contribution in [0.3, 0.4) is 0 Å². The first-order chi connectivity index (χ1) is 10.0. The lowest BCUT2D eigenvalue weighted by molar-refractivity contribution is -0.155. The van der Waals surface area contributed by atoms with Gasteiger partial charge >= 0.3 is 0 Å². The lowest BCUT2D eigenvalue weighted by Crippen LogP contribution is -2.50.